The largest absolute Gasteiger partial charge is 0.408 e. The monoisotopic (exact) mass is 339 g/mol. The van der Waals surface area contributed by atoms with Crippen molar-refractivity contribution >= 4 is 0 Å². The maximum atomic E-state index is 12.6. The quantitative estimate of drug-likeness (QED) is 0.854. The molecule has 1 aromatic heterocycles. The normalized spacial score (nSPS) is 24.0. The smallest absolute Gasteiger partial charge is 0.364 e. The Morgan fingerprint density at radius 1 is 1.25 bits per heavy atom. The van der Waals surface area contributed by atoms with Crippen molar-refractivity contribution in [2.24, 2.45) is 0 Å². The topological polar surface area (TPSA) is 56.1 Å². The fraction of sp³-hybridized carbons (Fsp3) is 0.533. The fourth-order valence-corrected chi connectivity index (χ4v) is 3.54. The average Bonchev–Trinajstić information content (AvgIpc) is 3.22. The molecule has 6 nitrogen and oxygen atoms in total. The molecule has 0 aliphatic carbocycles. The Bertz CT molecular complexity index is 747. The number of likely N-dealkylation sites (tertiary alicyclic amines) is 1. The minimum Gasteiger partial charge on any atom is -0.364 e. The van der Waals surface area contributed by atoms with Crippen molar-refractivity contribution in [1.82, 2.24) is 25.1 Å². The first kappa shape index (κ1) is 15.5. The molecule has 1 aromatic carbocycles. The van der Waals surface area contributed by atoms with Crippen LogP contribution < -0.4 is 0 Å². The van der Waals surface area contributed by atoms with Crippen molar-refractivity contribution in [2.45, 2.75) is 37.9 Å². The number of hydrogen-bond acceptors (Lipinski definition) is 5. The lowest BCUT2D eigenvalue weighted by atomic mass is 9.92. The number of hydrogen-bond donors (Lipinski definition) is 0. The summed E-state index contributed by atoms with van der Waals surface area (Å²) in [7, 11) is 0. The summed E-state index contributed by atoms with van der Waals surface area (Å²) in [5.41, 5.74) is 2.00. The minimum atomic E-state index is -4.34. The Morgan fingerprint density at radius 3 is 2.92 bits per heavy atom. The van der Waals surface area contributed by atoms with E-state index in [0.29, 0.717) is 13.2 Å². The average molecular weight is 339 g/mol. The Hall–Kier alpha value is -2.00. The molecular formula is C15H16F3N5O. The standard InChI is InChI=1S/C15H16F3N5O/c16-15(17,18)10-23-13(19-20-21-23)7-22-6-5-14(9-22)12-4-2-1-3-11(12)8-24-14/h1-4H,5-10H2. The van der Waals surface area contributed by atoms with E-state index in [4.69, 9.17) is 4.74 Å². The van der Waals surface area contributed by atoms with Gasteiger partial charge >= 0.3 is 6.18 Å². The molecule has 0 bridgehead atoms. The van der Waals surface area contributed by atoms with Crippen molar-refractivity contribution in [3.05, 3.63) is 41.2 Å². The number of fused-ring (bicyclic) bond motifs is 2. The predicted octanol–water partition coefficient (Wildman–Crippen LogP) is 1.87. The van der Waals surface area contributed by atoms with E-state index in [0.717, 1.165) is 17.6 Å². The Kier molecular flexibility index (Phi) is 3.57. The van der Waals surface area contributed by atoms with Gasteiger partial charge < -0.3 is 4.74 Å². The fourth-order valence-electron chi connectivity index (χ4n) is 3.54. The molecule has 128 valence electrons. The lowest BCUT2D eigenvalue weighted by molar-refractivity contribution is -0.143. The molecule has 9 heteroatoms. The molecule has 2 aliphatic heterocycles. The number of nitrogens with zero attached hydrogens (tertiary/aromatic N) is 5. The molecule has 1 atom stereocenters. The second kappa shape index (κ2) is 5.52. The van der Waals surface area contributed by atoms with Crippen molar-refractivity contribution in [3.8, 4) is 0 Å². The summed E-state index contributed by atoms with van der Waals surface area (Å²) >= 11 is 0. The first-order valence-corrected chi connectivity index (χ1v) is 7.72. The van der Waals surface area contributed by atoms with Crippen molar-refractivity contribution < 1.29 is 17.9 Å². The van der Waals surface area contributed by atoms with Gasteiger partial charge in [0.05, 0.1) is 13.2 Å². The van der Waals surface area contributed by atoms with E-state index in [1.807, 2.05) is 17.0 Å². The molecule has 0 saturated carbocycles. The third-order valence-electron chi connectivity index (χ3n) is 4.62. The molecular weight excluding hydrogens is 323 g/mol. The van der Waals surface area contributed by atoms with Gasteiger partial charge in [0, 0.05) is 13.1 Å². The number of tetrazole rings is 1. The number of halogens is 3. The molecule has 1 spiro atoms. The number of rotatable bonds is 3. The number of benzene rings is 1. The second-order valence-electron chi connectivity index (χ2n) is 6.27. The van der Waals surface area contributed by atoms with E-state index < -0.39 is 12.7 Å². The van der Waals surface area contributed by atoms with Gasteiger partial charge in [-0.2, -0.15) is 13.2 Å². The highest BCUT2D eigenvalue weighted by Crippen LogP contribution is 2.43. The van der Waals surface area contributed by atoms with Crippen LogP contribution in [-0.4, -0.2) is 44.4 Å². The van der Waals surface area contributed by atoms with Gasteiger partial charge in [0.2, 0.25) is 0 Å². The highest BCUT2D eigenvalue weighted by Gasteiger charge is 2.45. The minimum absolute atomic E-state index is 0.218. The van der Waals surface area contributed by atoms with Gasteiger partial charge in [-0.3, -0.25) is 4.90 Å². The van der Waals surface area contributed by atoms with Gasteiger partial charge in [0.15, 0.2) is 5.82 Å². The molecule has 24 heavy (non-hydrogen) atoms. The maximum Gasteiger partial charge on any atom is 0.408 e. The highest BCUT2D eigenvalue weighted by molar-refractivity contribution is 5.36. The summed E-state index contributed by atoms with van der Waals surface area (Å²) in [6, 6.07) is 8.09. The van der Waals surface area contributed by atoms with Crippen LogP contribution in [0.5, 0.6) is 0 Å². The number of ether oxygens (including phenoxy) is 1. The molecule has 3 heterocycles. The Labute approximate surface area is 136 Å². The zero-order valence-electron chi connectivity index (χ0n) is 12.8. The molecule has 0 amide bonds. The summed E-state index contributed by atoms with van der Waals surface area (Å²) in [5.74, 6) is 0.218. The van der Waals surface area contributed by atoms with E-state index in [-0.39, 0.29) is 18.0 Å². The van der Waals surface area contributed by atoms with Crippen LogP contribution in [0.25, 0.3) is 0 Å². The van der Waals surface area contributed by atoms with E-state index in [1.54, 1.807) is 0 Å². The molecule has 1 unspecified atom stereocenters. The zero-order valence-corrected chi connectivity index (χ0v) is 12.8. The van der Waals surface area contributed by atoms with Crippen LogP contribution in [0, 0.1) is 0 Å². The number of alkyl halides is 3. The molecule has 2 aliphatic rings. The van der Waals surface area contributed by atoms with Crippen LogP contribution in [0.15, 0.2) is 24.3 Å². The van der Waals surface area contributed by atoms with E-state index >= 15 is 0 Å². The summed E-state index contributed by atoms with van der Waals surface area (Å²) in [6.07, 6.45) is -3.53. The third kappa shape index (κ3) is 2.78. The first-order valence-electron chi connectivity index (χ1n) is 7.72. The van der Waals surface area contributed by atoms with Crippen LogP contribution >= 0.6 is 0 Å². The SMILES string of the molecule is FC(F)(F)Cn1nnnc1CN1CCC2(C1)OCc1ccccc12. The first-order chi connectivity index (χ1) is 11.5. The van der Waals surface area contributed by atoms with Crippen molar-refractivity contribution in [1.29, 1.82) is 0 Å². The third-order valence-corrected chi connectivity index (χ3v) is 4.62. The molecule has 0 N–H and O–H groups in total. The van der Waals surface area contributed by atoms with Crippen molar-refractivity contribution in [2.75, 3.05) is 13.1 Å². The highest BCUT2D eigenvalue weighted by atomic mass is 19.4. The Balaban J connectivity index is 1.49. The maximum absolute atomic E-state index is 12.6. The summed E-state index contributed by atoms with van der Waals surface area (Å²) < 4.78 is 44.6. The summed E-state index contributed by atoms with van der Waals surface area (Å²) in [6.45, 7) is 1.04. The van der Waals surface area contributed by atoms with E-state index in [2.05, 4.69) is 27.7 Å². The van der Waals surface area contributed by atoms with Crippen LogP contribution in [-0.2, 0) is 30.0 Å². The van der Waals surface area contributed by atoms with Crippen LogP contribution in [0.3, 0.4) is 0 Å². The Morgan fingerprint density at radius 2 is 2.08 bits per heavy atom. The molecule has 1 fully saturated rings. The van der Waals surface area contributed by atoms with Gasteiger partial charge in [0.25, 0.3) is 0 Å². The molecule has 0 radical (unpaired) electrons. The van der Waals surface area contributed by atoms with Crippen LogP contribution in [0.2, 0.25) is 0 Å². The van der Waals surface area contributed by atoms with Gasteiger partial charge in [-0.1, -0.05) is 24.3 Å². The number of aromatic nitrogens is 4. The van der Waals surface area contributed by atoms with E-state index in [9.17, 15) is 13.2 Å². The second-order valence-corrected chi connectivity index (χ2v) is 6.27. The molecule has 1 saturated heterocycles. The summed E-state index contributed by atoms with van der Waals surface area (Å²) in [5, 5.41) is 10.6. The van der Waals surface area contributed by atoms with Gasteiger partial charge in [-0.15, -0.1) is 5.10 Å². The van der Waals surface area contributed by atoms with Gasteiger partial charge in [0.1, 0.15) is 12.1 Å². The lowest BCUT2D eigenvalue weighted by Gasteiger charge is -2.24. The molecule has 4 rings (SSSR count). The van der Waals surface area contributed by atoms with Crippen LogP contribution in [0.1, 0.15) is 23.4 Å². The molecule has 2 aromatic rings. The van der Waals surface area contributed by atoms with Gasteiger partial charge in [-0.25, -0.2) is 4.68 Å². The van der Waals surface area contributed by atoms with Crippen LogP contribution in [0.4, 0.5) is 13.2 Å². The van der Waals surface area contributed by atoms with E-state index in [1.165, 1.54) is 11.1 Å². The summed E-state index contributed by atoms with van der Waals surface area (Å²) in [4.78, 5) is 2.04. The zero-order chi connectivity index (χ0) is 16.8. The van der Waals surface area contributed by atoms with Gasteiger partial charge in [-0.05, 0) is 28.0 Å². The van der Waals surface area contributed by atoms with Crippen molar-refractivity contribution in [3.63, 3.8) is 0 Å². The lowest BCUT2D eigenvalue weighted by Crippen LogP contribution is -2.31. The predicted molar refractivity (Wildman–Crippen MR) is 76.7 cm³/mol.